The quantitative estimate of drug-likeness (QED) is 0.750. The first-order valence-corrected chi connectivity index (χ1v) is 8.55. The molecule has 0 saturated heterocycles. The van der Waals surface area contributed by atoms with E-state index in [9.17, 15) is 9.18 Å². The smallest absolute Gasteiger partial charge is 0.358 e. The molecular weight excluding hydrogens is 315 g/mol. The van der Waals surface area contributed by atoms with Crippen LogP contribution in [0.2, 0.25) is 0 Å². The Labute approximate surface area is 138 Å². The molecule has 0 N–H and O–H groups in total. The van der Waals surface area contributed by atoms with Crippen LogP contribution in [0.4, 0.5) is 9.52 Å². The molecule has 3 rings (SSSR count). The second kappa shape index (κ2) is 6.66. The van der Waals surface area contributed by atoms with Gasteiger partial charge in [0.15, 0.2) is 10.8 Å². The molecular formula is C17H19FN2O2S. The van der Waals surface area contributed by atoms with Crippen LogP contribution >= 0.6 is 11.3 Å². The summed E-state index contributed by atoms with van der Waals surface area (Å²) in [6, 6.07) is 6.43. The van der Waals surface area contributed by atoms with Gasteiger partial charge in [0.25, 0.3) is 0 Å². The van der Waals surface area contributed by atoms with E-state index in [0.29, 0.717) is 28.1 Å². The lowest BCUT2D eigenvalue weighted by molar-refractivity contribution is 0.0481. The van der Waals surface area contributed by atoms with E-state index in [1.165, 1.54) is 17.4 Å². The number of carbonyl (C=O) groups excluding carboxylic acids is 1. The molecule has 0 radical (unpaired) electrons. The van der Waals surface area contributed by atoms with E-state index < -0.39 is 5.97 Å². The Morgan fingerprint density at radius 1 is 1.43 bits per heavy atom. The first-order chi connectivity index (χ1) is 11.1. The molecule has 1 aliphatic rings. The minimum absolute atomic E-state index is 0.205. The van der Waals surface area contributed by atoms with Crippen molar-refractivity contribution in [1.29, 1.82) is 0 Å². The highest BCUT2D eigenvalue weighted by Crippen LogP contribution is 2.37. The van der Waals surface area contributed by atoms with Crippen LogP contribution in [0.1, 0.15) is 30.3 Å². The van der Waals surface area contributed by atoms with Crippen molar-refractivity contribution < 1.29 is 13.9 Å². The Kier molecular flexibility index (Phi) is 4.61. The summed E-state index contributed by atoms with van der Waals surface area (Å²) in [5.74, 6) is -0.354. The predicted molar refractivity (Wildman–Crippen MR) is 89.5 cm³/mol. The number of hydrogen-bond acceptors (Lipinski definition) is 5. The number of halogens is 1. The zero-order valence-electron chi connectivity index (χ0n) is 13.2. The van der Waals surface area contributed by atoms with Crippen molar-refractivity contribution in [2.24, 2.45) is 5.92 Å². The second-order valence-electron chi connectivity index (χ2n) is 5.71. The average molecular weight is 334 g/mol. The monoisotopic (exact) mass is 334 g/mol. The fourth-order valence-electron chi connectivity index (χ4n) is 2.12. The molecule has 0 aliphatic heterocycles. The average Bonchev–Trinajstić information content (AvgIpc) is 3.29. The molecule has 1 saturated carbocycles. The van der Waals surface area contributed by atoms with Gasteiger partial charge < -0.3 is 9.64 Å². The van der Waals surface area contributed by atoms with Crippen molar-refractivity contribution in [2.45, 2.75) is 19.8 Å². The summed E-state index contributed by atoms with van der Waals surface area (Å²) >= 11 is 1.31. The molecule has 0 amide bonds. The molecule has 1 aromatic carbocycles. The van der Waals surface area contributed by atoms with Gasteiger partial charge in [-0.15, -0.1) is 0 Å². The van der Waals surface area contributed by atoms with Gasteiger partial charge in [-0.3, -0.25) is 0 Å². The molecule has 122 valence electrons. The predicted octanol–water partition coefficient (Wildman–Crippen LogP) is 3.97. The van der Waals surface area contributed by atoms with Gasteiger partial charge in [0.1, 0.15) is 5.82 Å². The molecule has 0 unspecified atom stereocenters. The highest BCUT2D eigenvalue weighted by atomic mass is 32.1. The number of nitrogens with zero attached hydrogens (tertiary/aromatic N) is 2. The largest absolute Gasteiger partial charge is 0.461 e. The third-order valence-electron chi connectivity index (χ3n) is 3.88. The van der Waals surface area contributed by atoms with E-state index in [4.69, 9.17) is 4.74 Å². The minimum atomic E-state index is -0.470. The molecule has 4 nitrogen and oxygen atoms in total. The number of thiazole rings is 1. The number of benzene rings is 1. The molecule has 1 aliphatic carbocycles. The van der Waals surface area contributed by atoms with E-state index in [0.717, 1.165) is 19.4 Å². The molecule has 1 heterocycles. The van der Waals surface area contributed by atoms with Crippen LogP contribution in [0.3, 0.4) is 0 Å². The highest BCUT2D eigenvalue weighted by Gasteiger charge is 2.27. The van der Waals surface area contributed by atoms with Crippen molar-refractivity contribution in [3.8, 4) is 10.4 Å². The van der Waals surface area contributed by atoms with Crippen LogP contribution in [0, 0.1) is 11.7 Å². The Balaban J connectivity index is 1.96. The minimum Gasteiger partial charge on any atom is -0.461 e. The van der Waals surface area contributed by atoms with Gasteiger partial charge in [-0.1, -0.05) is 29.5 Å². The number of aromatic nitrogens is 1. The number of hydrogen-bond donors (Lipinski definition) is 0. The van der Waals surface area contributed by atoms with E-state index in [1.807, 2.05) is 18.9 Å². The highest BCUT2D eigenvalue weighted by molar-refractivity contribution is 7.19. The second-order valence-corrected chi connectivity index (χ2v) is 6.69. The van der Waals surface area contributed by atoms with Gasteiger partial charge in [0.05, 0.1) is 11.5 Å². The van der Waals surface area contributed by atoms with Crippen LogP contribution in [0.25, 0.3) is 10.4 Å². The lowest BCUT2D eigenvalue weighted by Gasteiger charge is -2.11. The summed E-state index contributed by atoms with van der Waals surface area (Å²) in [4.78, 5) is 19.2. The zero-order chi connectivity index (χ0) is 16.4. The summed E-state index contributed by atoms with van der Waals surface area (Å²) in [7, 11) is 1.89. The standard InChI is InChI=1S/C17H19FN2O2S/c1-3-20(2)17-19-14(16(21)22-10-11-8-9-11)15(23-17)12-6-4-5-7-13(12)18/h4-7,11H,3,8-10H2,1-2H3. The van der Waals surface area contributed by atoms with E-state index in [-0.39, 0.29) is 11.5 Å². The third kappa shape index (κ3) is 3.52. The van der Waals surface area contributed by atoms with Gasteiger partial charge >= 0.3 is 5.97 Å². The van der Waals surface area contributed by atoms with E-state index in [2.05, 4.69) is 4.98 Å². The molecule has 23 heavy (non-hydrogen) atoms. The third-order valence-corrected chi connectivity index (χ3v) is 5.08. The maximum absolute atomic E-state index is 14.1. The summed E-state index contributed by atoms with van der Waals surface area (Å²) in [6.45, 7) is 3.17. The Morgan fingerprint density at radius 3 is 2.83 bits per heavy atom. The SMILES string of the molecule is CCN(C)c1nc(C(=O)OCC2CC2)c(-c2ccccc2F)s1. The van der Waals surface area contributed by atoms with Gasteiger partial charge in [-0.2, -0.15) is 0 Å². The number of ether oxygens (including phenoxy) is 1. The first-order valence-electron chi connectivity index (χ1n) is 7.74. The first kappa shape index (κ1) is 15.9. The van der Waals surface area contributed by atoms with Crippen molar-refractivity contribution >= 4 is 22.4 Å². The topological polar surface area (TPSA) is 42.4 Å². The molecule has 0 atom stereocenters. The molecule has 6 heteroatoms. The molecule has 1 aromatic heterocycles. The van der Waals surface area contributed by atoms with Gasteiger partial charge in [-0.25, -0.2) is 14.2 Å². The molecule has 0 spiro atoms. The van der Waals surface area contributed by atoms with Crippen LogP contribution in [-0.2, 0) is 4.74 Å². The number of anilines is 1. The van der Waals surface area contributed by atoms with Crippen molar-refractivity contribution in [2.75, 3.05) is 25.1 Å². The normalized spacial score (nSPS) is 13.9. The summed E-state index contributed by atoms with van der Waals surface area (Å²) in [5, 5.41) is 0.684. The fraction of sp³-hybridized carbons (Fsp3) is 0.412. The van der Waals surface area contributed by atoms with Crippen molar-refractivity contribution in [3.05, 3.63) is 35.8 Å². The molecule has 2 aromatic rings. The maximum atomic E-state index is 14.1. The van der Waals surface area contributed by atoms with Crippen LogP contribution < -0.4 is 4.90 Å². The summed E-state index contributed by atoms with van der Waals surface area (Å²) < 4.78 is 19.5. The lowest BCUT2D eigenvalue weighted by Crippen LogP contribution is -2.16. The summed E-state index contributed by atoms with van der Waals surface area (Å²) in [6.07, 6.45) is 2.21. The molecule has 1 fully saturated rings. The van der Waals surface area contributed by atoms with Crippen molar-refractivity contribution in [1.82, 2.24) is 4.98 Å². The van der Waals surface area contributed by atoms with Crippen molar-refractivity contribution in [3.63, 3.8) is 0 Å². The van der Waals surface area contributed by atoms with Crippen LogP contribution in [-0.4, -0.2) is 31.2 Å². The van der Waals surface area contributed by atoms with Crippen LogP contribution in [0.5, 0.6) is 0 Å². The Hall–Kier alpha value is -1.95. The Bertz CT molecular complexity index is 712. The number of esters is 1. The summed E-state index contributed by atoms with van der Waals surface area (Å²) in [5.41, 5.74) is 0.593. The van der Waals surface area contributed by atoms with E-state index in [1.54, 1.807) is 18.2 Å². The van der Waals surface area contributed by atoms with Gasteiger partial charge in [0, 0.05) is 19.2 Å². The van der Waals surface area contributed by atoms with Crippen LogP contribution in [0.15, 0.2) is 24.3 Å². The lowest BCUT2D eigenvalue weighted by atomic mass is 10.1. The Morgan fingerprint density at radius 2 is 2.17 bits per heavy atom. The number of rotatable bonds is 6. The maximum Gasteiger partial charge on any atom is 0.358 e. The van der Waals surface area contributed by atoms with Gasteiger partial charge in [-0.05, 0) is 31.7 Å². The van der Waals surface area contributed by atoms with E-state index >= 15 is 0 Å². The number of carbonyl (C=O) groups is 1. The molecule has 0 bridgehead atoms. The fourth-order valence-corrected chi connectivity index (χ4v) is 3.23. The van der Waals surface area contributed by atoms with Gasteiger partial charge in [0.2, 0.25) is 0 Å². The zero-order valence-corrected chi connectivity index (χ0v) is 14.0.